The highest BCUT2D eigenvalue weighted by Gasteiger charge is 2.25. The minimum Gasteiger partial charge on any atom is -0.346 e. The molecule has 5 heteroatoms. The summed E-state index contributed by atoms with van der Waals surface area (Å²) in [5.41, 5.74) is 4.29. The lowest BCUT2D eigenvalue weighted by atomic mass is 9.98. The highest BCUT2D eigenvalue weighted by atomic mass is 16.2. The first-order chi connectivity index (χ1) is 12.2. The summed E-state index contributed by atoms with van der Waals surface area (Å²) in [6, 6.07) is 6.20. The molecule has 1 aliphatic rings. The second kappa shape index (κ2) is 6.51. The molecule has 0 bridgehead atoms. The van der Waals surface area contributed by atoms with Crippen LogP contribution in [0.25, 0.3) is 22.2 Å². The third kappa shape index (κ3) is 3.05. The van der Waals surface area contributed by atoms with Gasteiger partial charge in [0.25, 0.3) is 0 Å². The van der Waals surface area contributed by atoms with Crippen LogP contribution in [-0.4, -0.2) is 38.8 Å². The van der Waals surface area contributed by atoms with Crippen molar-refractivity contribution in [3.05, 3.63) is 61.2 Å². The number of fused-ring (bicyclic) bond motifs is 1. The number of rotatable bonds is 4. The monoisotopic (exact) mass is 332 g/mol. The summed E-state index contributed by atoms with van der Waals surface area (Å²) in [5.74, 6) is 0.504. The summed E-state index contributed by atoms with van der Waals surface area (Å²) in [7, 11) is 0. The van der Waals surface area contributed by atoms with Crippen molar-refractivity contribution in [2.45, 2.75) is 12.8 Å². The van der Waals surface area contributed by atoms with Crippen LogP contribution < -0.4 is 0 Å². The standard InChI is InChI=1S/C20H20N4O/c1-2-19(25)24-7-5-14(13-24)8-15-9-17-18(12-23-20(17)22-10-15)16-4-3-6-21-11-16/h2-4,6,9-12,14H,1,5,7-8,13H2,(H,22,23). The third-order valence-electron chi connectivity index (χ3n) is 4.86. The number of hydrogen-bond donors (Lipinski definition) is 1. The van der Waals surface area contributed by atoms with Crippen LogP contribution in [0.2, 0.25) is 0 Å². The van der Waals surface area contributed by atoms with E-state index in [0.29, 0.717) is 5.92 Å². The Hall–Kier alpha value is -2.95. The molecule has 1 aliphatic heterocycles. The molecule has 0 aromatic carbocycles. The van der Waals surface area contributed by atoms with E-state index in [2.05, 4.69) is 33.7 Å². The molecule has 126 valence electrons. The van der Waals surface area contributed by atoms with Gasteiger partial charge in [-0.3, -0.25) is 9.78 Å². The van der Waals surface area contributed by atoms with Crippen molar-refractivity contribution in [2.75, 3.05) is 13.1 Å². The fraction of sp³-hybridized carbons (Fsp3) is 0.250. The molecule has 3 aromatic heterocycles. The molecular weight excluding hydrogens is 312 g/mol. The van der Waals surface area contributed by atoms with E-state index in [9.17, 15) is 4.79 Å². The van der Waals surface area contributed by atoms with Gasteiger partial charge in [-0.2, -0.15) is 0 Å². The van der Waals surface area contributed by atoms with Gasteiger partial charge in [0.1, 0.15) is 5.65 Å². The second-order valence-electron chi connectivity index (χ2n) is 6.53. The number of H-pyrrole nitrogens is 1. The predicted molar refractivity (Wildman–Crippen MR) is 97.9 cm³/mol. The van der Waals surface area contributed by atoms with Crippen LogP contribution in [-0.2, 0) is 11.2 Å². The Morgan fingerprint density at radius 1 is 1.44 bits per heavy atom. The number of aromatic nitrogens is 3. The zero-order valence-corrected chi connectivity index (χ0v) is 14.0. The first-order valence-electron chi connectivity index (χ1n) is 8.52. The second-order valence-corrected chi connectivity index (χ2v) is 6.53. The molecule has 1 fully saturated rings. The lowest BCUT2D eigenvalue weighted by Gasteiger charge is -2.14. The van der Waals surface area contributed by atoms with Crippen LogP contribution in [0.5, 0.6) is 0 Å². The van der Waals surface area contributed by atoms with Gasteiger partial charge < -0.3 is 9.88 Å². The molecule has 3 aromatic rings. The Balaban J connectivity index is 1.57. The van der Waals surface area contributed by atoms with Gasteiger partial charge in [0.2, 0.25) is 5.91 Å². The minimum absolute atomic E-state index is 0.0283. The SMILES string of the molecule is C=CC(=O)N1CCC(Cc2cnc3[nH]cc(-c4cccnc4)c3c2)C1. The number of amides is 1. The number of aromatic amines is 1. The van der Waals surface area contributed by atoms with Crippen molar-refractivity contribution in [3.8, 4) is 11.1 Å². The third-order valence-corrected chi connectivity index (χ3v) is 4.86. The molecule has 1 saturated heterocycles. The van der Waals surface area contributed by atoms with E-state index in [1.165, 1.54) is 11.6 Å². The van der Waals surface area contributed by atoms with E-state index in [1.807, 2.05) is 29.6 Å². The maximum Gasteiger partial charge on any atom is 0.245 e. The number of pyridine rings is 2. The van der Waals surface area contributed by atoms with E-state index in [1.54, 1.807) is 6.20 Å². The summed E-state index contributed by atoms with van der Waals surface area (Å²) in [4.78, 5) is 25.6. The predicted octanol–water partition coefficient (Wildman–Crippen LogP) is 3.20. The van der Waals surface area contributed by atoms with Crippen LogP contribution in [0.4, 0.5) is 0 Å². The van der Waals surface area contributed by atoms with Crippen molar-refractivity contribution in [2.24, 2.45) is 5.92 Å². The number of nitrogens with zero attached hydrogens (tertiary/aromatic N) is 3. The van der Waals surface area contributed by atoms with Crippen LogP contribution in [0.3, 0.4) is 0 Å². The first-order valence-corrected chi connectivity index (χ1v) is 8.52. The highest BCUT2D eigenvalue weighted by molar-refractivity contribution is 5.93. The lowest BCUT2D eigenvalue weighted by Crippen LogP contribution is -2.26. The maximum absolute atomic E-state index is 11.7. The molecule has 0 saturated carbocycles. The van der Waals surface area contributed by atoms with Crippen molar-refractivity contribution >= 4 is 16.9 Å². The molecule has 5 nitrogen and oxygen atoms in total. The highest BCUT2D eigenvalue weighted by Crippen LogP contribution is 2.29. The Morgan fingerprint density at radius 3 is 3.16 bits per heavy atom. The molecule has 25 heavy (non-hydrogen) atoms. The van der Waals surface area contributed by atoms with Crippen LogP contribution >= 0.6 is 0 Å². The molecule has 0 radical (unpaired) electrons. The Labute approximate surface area is 146 Å². The first kappa shape index (κ1) is 15.6. The zero-order valence-electron chi connectivity index (χ0n) is 14.0. The van der Waals surface area contributed by atoms with Crippen molar-refractivity contribution < 1.29 is 4.79 Å². The zero-order chi connectivity index (χ0) is 17.2. The number of carbonyl (C=O) groups excluding carboxylic acids is 1. The van der Waals surface area contributed by atoms with E-state index < -0.39 is 0 Å². The average molecular weight is 332 g/mol. The molecule has 0 spiro atoms. The molecular formula is C20H20N4O. The Morgan fingerprint density at radius 2 is 2.36 bits per heavy atom. The average Bonchev–Trinajstić information content (AvgIpc) is 3.28. The van der Waals surface area contributed by atoms with Crippen LogP contribution in [0.1, 0.15) is 12.0 Å². The Bertz CT molecular complexity index is 916. The summed E-state index contributed by atoms with van der Waals surface area (Å²) in [6.45, 7) is 5.18. The van der Waals surface area contributed by atoms with E-state index in [-0.39, 0.29) is 5.91 Å². The molecule has 1 unspecified atom stereocenters. The summed E-state index contributed by atoms with van der Waals surface area (Å²) in [6.07, 6.45) is 10.9. The van der Waals surface area contributed by atoms with Gasteiger partial charge in [0.05, 0.1) is 0 Å². The van der Waals surface area contributed by atoms with E-state index >= 15 is 0 Å². The fourth-order valence-electron chi connectivity index (χ4n) is 3.58. The van der Waals surface area contributed by atoms with Gasteiger partial charge in [0, 0.05) is 54.4 Å². The fourth-order valence-corrected chi connectivity index (χ4v) is 3.58. The van der Waals surface area contributed by atoms with Crippen molar-refractivity contribution in [1.29, 1.82) is 0 Å². The topological polar surface area (TPSA) is 61.9 Å². The molecule has 4 rings (SSSR count). The van der Waals surface area contributed by atoms with Gasteiger partial charge >= 0.3 is 0 Å². The smallest absolute Gasteiger partial charge is 0.245 e. The van der Waals surface area contributed by atoms with Crippen LogP contribution in [0, 0.1) is 5.92 Å². The maximum atomic E-state index is 11.7. The molecule has 4 heterocycles. The summed E-state index contributed by atoms with van der Waals surface area (Å²) in [5, 5.41) is 1.11. The van der Waals surface area contributed by atoms with Gasteiger partial charge in [-0.1, -0.05) is 12.6 Å². The van der Waals surface area contributed by atoms with Gasteiger partial charge in [0.15, 0.2) is 0 Å². The van der Waals surface area contributed by atoms with E-state index in [4.69, 9.17) is 0 Å². The molecule has 1 amide bonds. The summed E-state index contributed by atoms with van der Waals surface area (Å²) < 4.78 is 0. The largest absolute Gasteiger partial charge is 0.346 e. The molecule has 1 N–H and O–H groups in total. The lowest BCUT2D eigenvalue weighted by molar-refractivity contribution is -0.125. The Kier molecular flexibility index (Phi) is 4.06. The normalized spacial score (nSPS) is 17.1. The van der Waals surface area contributed by atoms with Crippen molar-refractivity contribution in [3.63, 3.8) is 0 Å². The number of likely N-dealkylation sites (tertiary alicyclic amines) is 1. The van der Waals surface area contributed by atoms with Crippen molar-refractivity contribution in [1.82, 2.24) is 19.9 Å². The number of nitrogens with one attached hydrogen (secondary N) is 1. The van der Waals surface area contributed by atoms with E-state index in [0.717, 1.165) is 48.1 Å². The molecule has 1 atom stereocenters. The van der Waals surface area contributed by atoms with Gasteiger partial charge in [-0.15, -0.1) is 0 Å². The number of hydrogen-bond acceptors (Lipinski definition) is 3. The van der Waals surface area contributed by atoms with Gasteiger partial charge in [-0.25, -0.2) is 4.98 Å². The number of carbonyl (C=O) groups is 1. The quantitative estimate of drug-likeness (QED) is 0.746. The molecule has 0 aliphatic carbocycles. The van der Waals surface area contributed by atoms with Gasteiger partial charge in [-0.05, 0) is 42.5 Å². The minimum atomic E-state index is 0.0283. The van der Waals surface area contributed by atoms with Crippen LogP contribution in [0.15, 0.2) is 55.6 Å². The summed E-state index contributed by atoms with van der Waals surface area (Å²) >= 11 is 0.